The number of anilines is 1. The molecule has 122 valence electrons. The van der Waals surface area contributed by atoms with Gasteiger partial charge in [-0.15, -0.1) is 0 Å². The van der Waals surface area contributed by atoms with Gasteiger partial charge in [0, 0.05) is 5.92 Å². The van der Waals surface area contributed by atoms with E-state index in [4.69, 9.17) is 4.74 Å². The van der Waals surface area contributed by atoms with Gasteiger partial charge in [0.25, 0.3) is 0 Å². The summed E-state index contributed by atoms with van der Waals surface area (Å²) in [7, 11) is 1.67. The van der Waals surface area contributed by atoms with Gasteiger partial charge in [0.05, 0.1) is 24.2 Å². The summed E-state index contributed by atoms with van der Waals surface area (Å²) in [5.74, 6) is 1.17. The van der Waals surface area contributed by atoms with Gasteiger partial charge in [-0.25, -0.2) is 0 Å². The molecule has 2 N–H and O–H groups in total. The maximum Gasteiger partial charge on any atom is 0.227 e. The molecule has 1 aliphatic carbocycles. The zero-order valence-corrected chi connectivity index (χ0v) is 13.7. The van der Waals surface area contributed by atoms with E-state index in [2.05, 4.69) is 27.6 Å². The molecule has 5 heteroatoms. The third-order valence-corrected chi connectivity index (χ3v) is 4.56. The molecule has 5 nitrogen and oxygen atoms in total. The molecular weight excluding hydrogens is 290 g/mol. The SMILES string of the molecule is COc1ccc(CCc2n[nH]c(C)c2NC(=O)C2CCC2)cc1. The molecule has 1 aromatic heterocycles. The van der Waals surface area contributed by atoms with Gasteiger partial charge in [0.15, 0.2) is 0 Å². The van der Waals surface area contributed by atoms with Crippen LogP contribution in [0.2, 0.25) is 0 Å². The minimum absolute atomic E-state index is 0.131. The van der Waals surface area contributed by atoms with Crippen LogP contribution in [-0.2, 0) is 17.6 Å². The van der Waals surface area contributed by atoms with Crippen LogP contribution in [0.25, 0.3) is 0 Å². The summed E-state index contributed by atoms with van der Waals surface area (Å²) in [6.45, 7) is 1.94. The number of hydrogen-bond acceptors (Lipinski definition) is 3. The van der Waals surface area contributed by atoms with E-state index in [0.717, 1.165) is 54.9 Å². The molecule has 3 rings (SSSR count). The summed E-state index contributed by atoms with van der Waals surface area (Å²) in [6, 6.07) is 8.05. The molecule has 1 saturated carbocycles. The van der Waals surface area contributed by atoms with Crippen molar-refractivity contribution in [3.63, 3.8) is 0 Å². The highest BCUT2D eigenvalue weighted by Gasteiger charge is 2.26. The largest absolute Gasteiger partial charge is 0.497 e. The summed E-state index contributed by atoms with van der Waals surface area (Å²) in [4.78, 5) is 12.2. The smallest absolute Gasteiger partial charge is 0.227 e. The first-order valence-electron chi connectivity index (χ1n) is 8.15. The maximum atomic E-state index is 12.2. The topological polar surface area (TPSA) is 67.0 Å². The van der Waals surface area contributed by atoms with Crippen molar-refractivity contribution in [1.82, 2.24) is 10.2 Å². The normalized spacial score (nSPS) is 14.3. The standard InChI is InChI=1S/C18H23N3O2/c1-12-17(19-18(22)14-4-3-5-14)16(21-20-12)11-8-13-6-9-15(23-2)10-7-13/h6-7,9-10,14H,3-5,8,11H2,1-2H3,(H,19,22)(H,20,21). The van der Waals surface area contributed by atoms with Gasteiger partial charge in [0.1, 0.15) is 5.75 Å². The minimum atomic E-state index is 0.131. The number of aryl methyl sites for hydroxylation is 3. The van der Waals surface area contributed by atoms with E-state index in [1.54, 1.807) is 7.11 Å². The molecule has 0 radical (unpaired) electrons. The number of methoxy groups -OCH3 is 1. The van der Waals surface area contributed by atoms with E-state index in [9.17, 15) is 4.79 Å². The number of benzene rings is 1. The highest BCUT2D eigenvalue weighted by molar-refractivity contribution is 5.94. The Morgan fingerprint density at radius 1 is 1.30 bits per heavy atom. The average Bonchev–Trinajstić information content (AvgIpc) is 2.84. The quantitative estimate of drug-likeness (QED) is 0.860. The number of aromatic nitrogens is 2. The van der Waals surface area contributed by atoms with Crippen molar-refractivity contribution in [2.24, 2.45) is 5.92 Å². The summed E-state index contributed by atoms with van der Waals surface area (Å²) < 4.78 is 5.17. The predicted molar refractivity (Wildman–Crippen MR) is 89.7 cm³/mol. The number of carbonyl (C=O) groups is 1. The summed E-state index contributed by atoms with van der Waals surface area (Å²) in [6.07, 6.45) is 4.83. The third kappa shape index (κ3) is 3.55. The van der Waals surface area contributed by atoms with E-state index >= 15 is 0 Å². The van der Waals surface area contributed by atoms with E-state index in [1.165, 1.54) is 5.56 Å². The van der Waals surface area contributed by atoms with Crippen LogP contribution < -0.4 is 10.1 Å². The fourth-order valence-corrected chi connectivity index (χ4v) is 2.78. The van der Waals surface area contributed by atoms with Crippen molar-refractivity contribution in [2.75, 3.05) is 12.4 Å². The number of hydrogen-bond donors (Lipinski definition) is 2. The number of aromatic amines is 1. The molecule has 1 aliphatic rings. The van der Waals surface area contributed by atoms with E-state index in [1.807, 2.05) is 19.1 Å². The van der Waals surface area contributed by atoms with Crippen molar-refractivity contribution < 1.29 is 9.53 Å². The summed E-state index contributed by atoms with van der Waals surface area (Å²) in [5, 5.41) is 10.4. The Morgan fingerprint density at radius 2 is 2.04 bits per heavy atom. The molecule has 0 spiro atoms. The second-order valence-electron chi connectivity index (χ2n) is 6.14. The van der Waals surface area contributed by atoms with Crippen LogP contribution in [0.5, 0.6) is 5.75 Å². The van der Waals surface area contributed by atoms with E-state index < -0.39 is 0 Å². The zero-order valence-electron chi connectivity index (χ0n) is 13.7. The van der Waals surface area contributed by atoms with Crippen LogP contribution >= 0.6 is 0 Å². The lowest BCUT2D eigenvalue weighted by atomic mass is 9.85. The number of nitrogens with zero attached hydrogens (tertiary/aromatic N) is 1. The Hall–Kier alpha value is -2.30. The fourth-order valence-electron chi connectivity index (χ4n) is 2.78. The maximum absolute atomic E-state index is 12.2. The third-order valence-electron chi connectivity index (χ3n) is 4.56. The number of rotatable bonds is 6. The Bertz CT molecular complexity index is 672. The van der Waals surface area contributed by atoms with E-state index in [0.29, 0.717) is 0 Å². The fraction of sp³-hybridized carbons (Fsp3) is 0.444. The molecule has 1 fully saturated rings. The lowest BCUT2D eigenvalue weighted by Gasteiger charge is -2.24. The first-order chi connectivity index (χ1) is 11.2. The average molecular weight is 313 g/mol. The second-order valence-corrected chi connectivity index (χ2v) is 6.14. The molecule has 0 unspecified atom stereocenters. The molecule has 1 aromatic carbocycles. The molecule has 0 atom stereocenters. The first-order valence-corrected chi connectivity index (χ1v) is 8.15. The summed E-state index contributed by atoms with van der Waals surface area (Å²) >= 11 is 0. The summed E-state index contributed by atoms with van der Waals surface area (Å²) in [5.41, 5.74) is 3.92. The lowest BCUT2D eigenvalue weighted by molar-refractivity contribution is -0.122. The lowest BCUT2D eigenvalue weighted by Crippen LogP contribution is -2.28. The predicted octanol–water partition coefficient (Wildman–Crippen LogP) is 3.25. The van der Waals surface area contributed by atoms with Gasteiger partial charge in [-0.3, -0.25) is 9.89 Å². The highest BCUT2D eigenvalue weighted by Crippen LogP contribution is 2.29. The van der Waals surface area contributed by atoms with Crippen LogP contribution in [0.3, 0.4) is 0 Å². The van der Waals surface area contributed by atoms with Gasteiger partial charge in [0.2, 0.25) is 5.91 Å². The number of carbonyl (C=O) groups excluding carboxylic acids is 1. The molecular formula is C18H23N3O2. The van der Waals surface area contributed by atoms with Crippen LogP contribution in [0.1, 0.15) is 36.2 Å². The van der Waals surface area contributed by atoms with Gasteiger partial charge in [-0.2, -0.15) is 5.10 Å². The molecule has 1 amide bonds. The monoisotopic (exact) mass is 313 g/mol. The van der Waals surface area contributed by atoms with Crippen LogP contribution in [0.4, 0.5) is 5.69 Å². The number of H-pyrrole nitrogens is 1. The second kappa shape index (κ2) is 6.86. The molecule has 0 bridgehead atoms. The highest BCUT2D eigenvalue weighted by atomic mass is 16.5. The number of ether oxygens (including phenoxy) is 1. The minimum Gasteiger partial charge on any atom is -0.497 e. The Morgan fingerprint density at radius 3 is 2.65 bits per heavy atom. The Balaban J connectivity index is 1.64. The first kappa shape index (κ1) is 15.6. The molecule has 0 aliphatic heterocycles. The van der Waals surface area contributed by atoms with Crippen molar-refractivity contribution in [3.05, 3.63) is 41.2 Å². The molecule has 23 heavy (non-hydrogen) atoms. The van der Waals surface area contributed by atoms with Gasteiger partial charge >= 0.3 is 0 Å². The number of nitrogens with one attached hydrogen (secondary N) is 2. The van der Waals surface area contributed by atoms with Gasteiger partial charge < -0.3 is 10.1 Å². The van der Waals surface area contributed by atoms with Crippen molar-refractivity contribution in [3.8, 4) is 5.75 Å². The van der Waals surface area contributed by atoms with Crippen molar-refractivity contribution in [1.29, 1.82) is 0 Å². The molecule has 2 aromatic rings. The van der Waals surface area contributed by atoms with Gasteiger partial charge in [-0.1, -0.05) is 18.6 Å². The Kier molecular flexibility index (Phi) is 4.65. The van der Waals surface area contributed by atoms with E-state index in [-0.39, 0.29) is 11.8 Å². The van der Waals surface area contributed by atoms with Gasteiger partial charge in [-0.05, 0) is 50.3 Å². The molecule has 1 heterocycles. The van der Waals surface area contributed by atoms with Crippen LogP contribution in [0.15, 0.2) is 24.3 Å². The number of amides is 1. The zero-order chi connectivity index (χ0) is 16.2. The Labute approximate surface area is 136 Å². The van der Waals surface area contributed by atoms with Crippen LogP contribution in [0, 0.1) is 12.8 Å². The van der Waals surface area contributed by atoms with Crippen molar-refractivity contribution >= 4 is 11.6 Å². The van der Waals surface area contributed by atoms with Crippen molar-refractivity contribution in [2.45, 2.75) is 39.0 Å². The van der Waals surface area contributed by atoms with Crippen LogP contribution in [-0.4, -0.2) is 23.2 Å². The molecule has 0 saturated heterocycles.